The molecule has 1 aromatic carbocycles. The molecule has 0 fully saturated rings. The Labute approximate surface area is 158 Å². The van der Waals surface area contributed by atoms with Crippen LogP contribution in [0.1, 0.15) is 23.9 Å². The van der Waals surface area contributed by atoms with E-state index in [0.717, 1.165) is 17.8 Å². The van der Waals surface area contributed by atoms with Crippen molar-refractivity contribution in [1.29, 1.82) is 0 Å². The van der Waals surface area contributed by atoms with Crippen LogP contribution >= 0.6 is 0 Å². The number of aryl methyl sites for hydroxylation is 2. The summed E-state index contributed by atoms with van der Waals surface area (Å²) in [4.78, 5) is 6.57. The SMILES string of the molecule is Cc1noc(C)c1S(=O)(=O)Nc1ccc(N2c3ccccc3CC2C)cn1. The average molecular weight is 384 g/mol. The van der Waals surface area contributed by atoms with Crippen LogP contribution in [0.5, 0.6) is 0 Å². The van der Waals surface area contributed by atoms with Gasteiger partial charge in [-0.2, -0.15) is 0 Å². The van der Waals surface area contributed by atoms with Gasteiger partial charge in [0.15, 0.2) is 10.7 Å². The van der Waals surface area contributed by atoms with Crippen molar-refractivity contribution in [2.24, 2.45) is 0 Å². The lowest BCUT2D eigenvalue weighted by molar-refractivity contribution is 0.390. The zero-order valence-corrected chi connectivity index (χ0v) is 16.1. The molecule has 1 unspecified atom stereocenters. The van der Waals surface area contributed by atoms with Crippen LogP contribution in [0.15, 0.2) is 52.0 Å². The summed E-state index contributed by atoms with van der Waals surface area (Å²) >= 11 is 0. The van der Waals surface area contributed by atoms with Crippen LogP contribution in [0, 0.1) is 13.8 Å². The van der Waals surface area contributed by atoms with Gasteiger partial charge < -0.3 is 9.42 Å². The van der Waals surface area contributed by atoms with Crippen molar-refractivity contribution < 1.29 is 12.9 Å². The Morgan fingerprint density at radius 1 is 1.19 bits per heavy atom. The average Bonchev–Trinajstić information content (AvgIpc) is 3.14. The number of aromatic nitrogens is 2. The van der Waals surface area contributed by atoms with Gasteiger partial charge in [-0.25, -0.2) is 13.4 Å². The smallest absolute Gasteiger partial charge is 0.268 e. The highest BCUT2D eigenvalue weighted by Crippen LogP contribution is 2.38. The molecule has 1 aliphatic heterocycles. The number of sulfonamides is 1. The van der Waals surface area contributed by atoms with Crippen molar-refractivity contribution in [2.45, 2.75) is 38.1 Å². The number of fused-ring (bicyclic) bond motifs is 1. The van der Waals surface area contributed by atoms with Gasteiger partial charge >= 0.3 is 0 Å². The fourth-order valence-corrected chi connectivity index (χ4v) is 4.93. The summed E-state index contributed by atoms with van der Waals surface area (Å²) in [5.41, 5.74) is 3.70. The number of rotatable bonds is 4. The first-order valence-corrected chi connectivity index (χ1v) is 10.1. The lowest BCUT2D eigenvalue weighted by Crippen LogP contribution is -2.24. The van der Waals surface area contributed by atoms with Crippen molar-refractivity contribution in [3.05, 3.63) is 59.6 Å². The summed E-state index contributed by atoms with van der Waals surface area (Å²) < 4.78 is 32.6. The van der Waals surface area contributed by atoms with Gasteiger partial charge in [0, 0.05) is 11.7 Å². The fraction of sp³-hybridized carbons (Fsp3) is 0.263. The number of pyridine rings is 1. The summed E-state index contributed by atoms with van der Waals surface area (Å²) in [6.07, 6.45) is 2.65. The first kappa shape index (κ1) is 17.5. The molecule has 140 valence electrons. The highest BCUT2D eigenvalue weighted by Gasteiger charge is 2.28. The molecule has 3 aromatic rings. The van der Waals surface area contributed by atoms with E-state index < -0.39 is 10.0 Å². The maximum atomic E-state index is 12.6. The Balaban J connectivity index is 1.60. The van der Waals surface area contributed by atoms with Crippen LogP contribution in [-0.2, 0) is 16.4 Å². The van der Waals surface area contributed by atoms with Gasteiger partial charge in [0.25, 0.3) is 10.0 Å². The van der Waals surface area contributed by atoms with Gasteiger partial charge in [0.1, 0.15) is 11.5 Å². The predicted octanol–water partition coefficient (Wildman–Crippen LogP) is 3.57. The third-order valence-electron chi connectivity index (χ3n) is 4.71. The third-order valence-corrected chi connectivity index (χ3v) is 6.31. The molecular weight excluding hydrogens is 364 g/mol. The normalized spacial score (nSPS) is 16.4. The summed E-state index contributed by atoms with van der Waals surface area (Å²) in [6, 6.07) is 12.1. The minimum atomic E-state index is -3.81. The van der Waals surface area contributed by atoms with Crippen LogP contribution in [-0.4, -0.2) is 24.6 Å². The molecule has 2 aromatic heterocycles. The number of benzene rings is 1. The molecule has 0 radical (unpaired) electrons. The number of hydrogen-bond acceptors (Lipinski definition) is 6. The Morgan fingerprint density at radius 3 is 2.63 bits per heavy atom. The quantitative estimate of drug-likeness (QED) is 0.740. The van der Waals surface area contributed by atoms with E-state index >= 15 is 0 Å². The van der Waals surface area contributed by atoms with E-state index in [4.69, 9.17) is 4.52 Å². The number of nitrogens with one attached hydrogen (secondary N) is 1. The summed E-state index contributed by atoms with van der Waals surface area (Å²) in [5, 5.41) is 3.70. The van der Waals surface area contributed by atoms with E-state index in [2.05, 4.69) is 38.8 Å². The van der Waals surface area contributed by atoms with E-state index in [0.29, 0.717) is 11.7 Å². The maximum Gasteiger partial charge on any atom is 0.268 e. The van der Waals surface area contributed by atoms with E-state index in [1.807, 2.05) is 18.2 Å². The van der Waals surface area contributed by atoms with Gasteiger partial charge in [0.2, 0.25) is 0 Å². The molecule has 0 amide bonds. The third kappa shape index (κ3) is 3.06. The zero-order valence-electron chi connectivity index (χ0n) is 15.3. The van der Waals surface area contributed by atoms with E-state index in [1.165, 1.54) is 5.56 Å². The summed E-state index contributed by atoms with van der Waals surface area (Å²) in [5.74, 6) is 0.498. The molecule has 0 aliphatic carbocycles. The van der Waals surface area contributed by atoms with Gasteiger partial charge in [-0.1, -0.05) is 23.4 Å². The van der Waals surface area contributed by atoms with Crippen molar-refractivity contribution in [3.63, 3.8) is 0 Å². The van der Waals surface area contributed by atoms with Gasteiger partial charge in [0.05, 0.1) is 11.9 Å². The second kappa shape index (κ2) is 6.38. The highest BCUT2D eigenvalue weighted by atomic mass is 32.2. The Bertz CT molecular complexity index is 1070. The number of nitrogens with zero attached hydrogens (tertiary/aromatic N) is 3. The van der Waals surface area contributed by atoms with Crippen molar-refractivity contribution in [1.82, 2.24) is 10.1 Å². The monoisotopic (exact) mass is 384 g/mol. The van der Waals surface area contributed by atoms with E-state index in [1.54, 1.807) is 26.1 Å². The predicted molar refractivity (Wildman–Crippen MR) is 103 cm³/mol. The second-order valence-corrected chi connectivity index (χ2v) is 8.33. The lowest BCUT2D eigenvalue weighted by Gasteiger charge is -2.24. The topological polar surface area (TPSA) is 88.3 Å². The standard InChI is InChI=1S/C19H20N4O3S/c1-12-10-15-6-4-5-7-17(15)23(12)16-8-9-18(20-11-16)22-27(24,25)19-13(2)21-26-14(19)3/h4-9,11-12H,10H2,1-3H3,(H,20,22). The van der Waals surface area contributed by atoms with E-state index in [9.17, 15) is 8.42 Å². The molecule has 1 atom stereocenters. The molecule has 27 heavy (non-hydrogen) atoms. The van der Waals surface area contributed by atoms with Crippen LogP contribution in [0.25, 0.3) is 0 Å². The van der Waals surface area contributed by atoms with Crippen molar-refractivity contribution in [3.8, 4) is 0 Å². The molecule has 3 heterocycles. The van der Waals surface area contributed by atoms with Crippen molar-refractivity contribution in [2.75, 3.05) is 9.62 Å². The van der Waals surface area contributed by atoms with Gasteiger partial charge in [-0.3, -0.25) is 4.72 Å². The molecule has 4 rings (SSSR count). The molecule has 1 aliphatic rings. The first-order valence-electron chi connectivity index (χ1n) is 8.65. The minimum Gasteiger partial charge on any atom is -0.360 e. The molecule has 0 saturated carbocycles. The maximum absolute atomic E-state index is 12.6. The highest BCUT2D eigenvalue weighted by molar-refractivity contribution is 7.92. The second-order valence-electron chi connectivity index (χ2n) is 6.71. The lowest BCUT2D eigenvalue weighted by atomic mass is 10.1. The van der Waals surface area contributed by atoms with E-state index in [-0.39, 0.29) is 16.5 Å². The van der Waals surface area contributed by atoms with Crippen LogP contribution in [0.2, 0.25) is 0 Å². The number of anilines is 3. The van der Waals surface area contributed by atoms with Gasteiger partial charge in [-0.05, 0) is 51.0 Å². The molecule has 0 spiro atoms. The molecule has 0 saturated heterocycles. The summed E-state index contributed by atoms with van der Waals surface area (Å²) in [6.45, 7) is 5.32. The molecule has 7 nitrogen and oxygen atoms in total. The Hall–Kier alpha value is -2.87. The number of para-hydroxylation sites is 1. The first-order chi connectivity index (χ1) is 12.9. The Morgan fingerprint density at radius 2 is 1.96 bits per heavy atom. The largest absolute Gasteiger partial charge is 0.360 e. The summed E-state index contributed by atoms with van der Waals surface area (Å²) in [7, 11) is -3.81. The molecular formula is C19H20N4O3S. The molecule has 1 N–H and O–H groups in total. The van der Waals surface area contributed by atoms with Crippen LogP contribution < -0.4 is 9.62 Å². The van der Waals surface area contributed by atoms with Crippen molar-refractivity contribution >= 4 is 27.2 Å². The molecule has 8 heteroatoms. The fourth-order valence-electron chi connectivity index (χ4n) is 3.59. The molecule has 0 bridgehead atoms. The van der Waals surface area contributed by atoms with Crippen LogP contribution in [0.4, 0.5) is 17.2 Å². The van der Waals surface area contributed by atoms with Gasteiger partial charge in [-0.15, -0.1) is 0 Å². The Kier molecular flexibility index (Phi) is 4.15. The minimum absolute atomic E-state index is 0.0514. The van der Waals surface area contributed by atoms with Crippen LogP contribution in [0.3, 0.4) is 0 Å². The zero-order chi connectivity index (χ0) is 19.2. The number of hydrogen-bond donors (Lipinski definition) is 1.